The van der Waals surface area contributed by atoms with Gasteiger partial charge in [-0.05, 0) is 35.0 Å². The summed E-state index contributed by atoms with van der Waals surface area (Å²) in [6.45, 7) is -0.0607. The molecule has 8 heteroatoms. The van der Waals surface area contributed by atoms with Crippen LogP contribution in [0.2, 0.25) is 0 Å². The van der Waals surface area contributed by atoms with Crippen LogP contribution in [-0.4, -0.2) is 35.9 Å². The first-order chi connectivity index (χ1) is 18.5. The van der Waals surface area contributed by atoms with Crippen molar-refractivity contribution in [3.8, 4) is 22.7 Å². The van der Waals surface area contributed by atoms with Crippen LogP contribution in [0.5, 0.6) is 5.75 Å². The van der Waals surface area contributed by atoms with E-state index < -0.39 is 17.8 Å². The molecular formula is C30H23FN2O5. The van der Waals surface area contributed by atoms with Crippen LogP contribution in [0, 0.1) is 5.82 Å². The standard InChI is InChI=1S/C30H23FN2O5/c1-36-29(34)26-27(32-33(28(26)30(35)37-2)21-12-4-3-5-13-21)25-22-14-8-6-10-19(22)16-17-24(25)38-18-20-11-7-9-15-23(20)31/h3-17H,18H2,1-2H3. The van der Waals surface area contributed by atoms with Crippen molar-refractivity contribution in [2.75, 3.05) is 14.2 Å². The molecule has 0 bridgehead atoms. The molecule has 4 aromatic carbocycles. The van der Waals surface area contributed by atoms with Crippen molar-refractivity contribution in [2.24, 2.45) is 0 Å². The van der Waals surface area contributed by atoms with Gasteiger partial charge in [0.2, 0.25) is 0 Å². The quantitative estimate of drug-likeness (QED) is 0.251. The lowest BCUT2D eigenvalue weighted by Crippen LogP contribution is -2.15. The number of para-hydroxylation sites is 1. The topological polar surface area (TPSA) is 79.7 Å². The first-order valence-electron chi connectivity index (χ1n) is 11.8. The fourth-order valence-electron chi connectivity index (χ4n) is 4.32. The lowest BCUT2D eigenvalue weighted by atomic mass is 9.97. The van der Waals surface area contributed by atoms with Crippen molar-refractivity contribution < 1.29 is 28.2 Å². The van der Waals surface area contributed by atoms with E-state index in [0.717, 1.165) is 10.8 Å². The lowest BCUT2D eigenvalue weighted by Gasteiger charge is -2.14. The van der Waals surface area contributed by atoms with Crippen LogP contribution in [0.3, 0.4) is 0 Å². The molecule has 7 nitrogen and oxygen atoms in total. The summed E-state index contributed by atoms with van der Waals surface area (Å²) in [6.07, 6.45) is 0. The van der Waals surface area contributed by atoms with Crippen LogP contribution in [-0.2, 0) is 16.1 Å². The van der Waals surface area contributed by atoms with E-state index in [-0.39, 0.29) is 23.6 Å². The largest absolute Gasteiger partial charge is 0.488 e. The minimum atomic E-state index is -0.768. The Bertz CT molecular complexity index is 1650. The Kier molecular flexibility index (Phi) is 6.86. The van der Waals surface area contributed by atoms with Gasteiger partial charge in [0.05, 0.1) is 25.5 Å². The maximum Gasteiger partial charge on any atom is 0.357 e. The maximum absolute atomic E-state index is 14.3. The van der Waals surface area contributed by atoms with Crippen molar-refractivity contribution >= 4 is 22.7 Å². The molecule has 0 spiro atoms. The lowest BCUT2D eigenvalue weighted by molar-refractivity contribution is 0.0549. The number of hydrogen-bond acceptors (Lipinski definition) is 6. The zero-order valence-corrected chi connectivity index (χ0v) is 20.7. The van der Waals surface area contributed by atoms with E-state index in [1.807, 2.05) is 36.4 Å². The summed E-state index contributed by atoms with van der Waals surface area (Å²) in [5, 5.41) is 6.31. The summed E-state index contributed by atoms with van der Waals surface area (Å²) >= 11 is 0. The molecule has 0 radical (unpaired) electrons. The molecule has 0 aliphatic heterocycles. The van der Waals surface area contributed by atoms with Gasteiger partial charge >= 0.3 is 11.9 Å². The molecule has 0 unspecified atom stereocenters. The van der Waals surface area contributed by atoms with Crippen LogP contribution in [0.4, 0.5) is 4.39 Å². The molecule has 0 amide bonds. The molecule has 0 aliphatic carbocycles. The third-order valence-corrected chi connectivity index (χ3v) is 6.12. The van der Waals surface area contributed by atoms with Gasteiger partial charge in [-0.2, -0.15) is 5.10 Å². The second-order valence-corrected chi connectivity index (χ2v) is 8.34. The number of esters is 2. The van der Waals surface area contributed by atoms with Crippen molar-refractivity contribution in [2.45, 2.75) is 6.61 Å². The van der Waals surface area contributed by atoms with Crippen LogP contribution in [0.15, 0.2) is 91.0 Å². The Morgan fingerprint density at radius 3 is 2.24 bits per heavy atom. The zero-order chi connectivity index (χ0) is 26.6. The highest BCUT2D eigenvalue weighted by Gasteiger charge is 2.33. The van der Waals surface area contributed by atoms with Gasteiger partial charge in [-0.3, -0.25) is 0 Å². The fraction of sp³-hybridized carbons (Fsp3) is 0.100. The molecule has 190 valence electrons. The molecule has 1 aromatic heterocycles. The Labute approximate surface area is 218 Å². The van der Waals surface area contributed by atoms with Crippen LogP contribution >= 0.6 is 0 Å². The number of carbonyl (C=O) groups is 2. The third-order valence-electron chi connectivity index (χ3n) is 6.12. The van der Waals surface area contributed by atoms with E-state index in [1.165, 1.54) is 25.0 Å². The van der Waals surface area contributed by atoms with Gasteiger partial charge in [0.25, 0.3) is 0 Å². The fourth-order valence-corrected chi connectivity index (χ4v) is 4.32. The molecule has 0 fully saturated rings. The Balaban J connectivity index is 1.79. The Morgan fingerprint density at radius 1 is 0.816 bits per heavy atom. The molecular weight excluding hydrogens is 487 g/mol. The van der Waals surface area contributed by atoms with Crippen molar-refractivity contribution in [1.29, 1.82) is 0 Å². The Hall–Kier alpha value is -4.98. The minimum absolute atomic E-state index is 0.0607. The molecule has 0 saturated heterocycles. The van der Waals surface area contributed by atoms with Crippen LogP contribution in [0.1, 0.15) is 26.4 Å². The van der Waals surface area contributed by atoms with E-state index in [2.05, 4.69) is 0 Å². The van der Waals surface area contributed by atoms with Gasteiger partial charge < -0.3 is 14.2 Å². The summed E-state index contributed by atoms with van der Waals surface area (Å²) in [4.78, 5) is 26.2. The molecule has 1 heterocycles. The average molecular weight is 511 g/mol. The molecule has 0 aliphatic rings. The number of halogens is 1. The van der Waals surface area contributed by atoms with E-state index in [1.54, 1.807) is 48.5 Å². The van der Waals surface area contributed by atoms with Crippen molar-refractivity contribution in [1.82, 2.24) is 9.78 Å². The summed E-state index contributed by atoms with van der Waals surface area (Å²) in [6, 6.07) is 26.3. The molecule has 0 atom stereocenters. The highest BCUT2D eigenvalue weighted by atomic mass is 19.1. The summed E-state index contributed by atoms with van der Waals surface area (Å²) < 4.78 is 32.0. The maximum atomic E-state index is 14.3. The van der Waals surface area contributed by atoms with E-state index in [9.17, 15) is 14.0 Å². The smallest absolute Gasteiger partial charge is 0.357 e. The average Bonchev–Trinajstić information content (AvgIpc) is 3.36. The van der Waals surface area contributed by atoms with Gasteiger partial charge in [0.15, 0.2) is 5.69 Å². The summed E-state index contributed by atoms with van der Waals surface area (Å²) in [5.74, 6) is -1.57. The molecule has 38 heavy (non-hydrogen) atoms. The van der Waals surface area contributed by atoms with Gasteiger partial charge in [-0.15, -0.1) is 0 Å². The van der Waals surface area contributed by atoms with Gasteiger partial charge in [0, 0.05) is 5.56 Å². The van der Waals surface area contributed by atoms with Crippen molar-refractivity contribution in [3.05, 3.63) is 114 Å². The van der Waals surface area contributed by atoms with E-state index in [4.69, 9.17) is 19.3 Å². The number of hydrogen-bond donors (Lipinski definition) is 0. The van der Waals surface area contributed by atoms with E-state index in [0.29, 0.717) is 22.6 Å². The van der Waals surface area contributed by atoms with Crippen LogP contribution in [0.25, 0.3) is 27.7 Å². The number of ether oxygens (including phenoxy) is 3. The number of methoxy groups -OCH3 is 2. The normalized spacial score (nSPS) is 10.8. The number of carbonyl (C=O) groups excluding carboxylic acids is 2. The SMILES string of the molecule is COC(=O)c1c(-c2c(OCc3ccccc3F)ccc3ccccc23)nn(-c2ccccc2)c1C(=O)OC. The molecule has 0 saturated carbocycles. The molecule has 5 rings (SSSR count). The number of benzene rings is 4. The number of nitrogens with zero attached hydrogens (tertiary/aromatic N) is 2. The summed E-state index contributed by atoms with van der Waals surface area (Å²) in [7, 11) is 2.46. The predicted octanol–water partition coefficient (Wildman–Crippen LogP) is 5.98. The minimum Gasteiger partial charge on any atom is -0.488 e. The second-order valence-electron chi connectivity index (χ2n) is 8.34. The monoisotopic (exact) mass is 510 g/mol. The van der Waals surface area contributed by atoms with Crippen LogP contribution < -0.4 is 4.74 Å². The van der Waals surface area contributed by atoms with Crippen molar-refractivity contribution in [3.63, 3.8) is 0 Å². The van der Waals surface area contributed by atoms with Gasteiger partial charge in [-0.25, -0.2) is 18.7 Å². The molecule has 0 N–H and O–H groups in total. The number of rotatable bonds is 7. The predicted molar refractivity (Wildman–Crippen MR) is 140 cm³/mol. The van der Waals surface area contributed by atoms with Gasteiger partial charge in [-0.1, -0.05) is 66.7 Å². The third kappa shape index (κ3) is 4.48. The summed E-state index contributed by atoms with van der Waals surface area (Å²) in [5.41, 5.74) is 1.37. The zero-order valence-electron chi connectivity index (χ0n) is 20.7. The second kappa shape index (κ2) is 10.6. The highest BCUT2D eigenvalue weighted by Crippen LogP contribution is 2.40. The highest BCUT2D eigenvalue weighted by molar-refractivity contribution is 6.10. The van der Waals surface area contributed by atoms with E-state index >= 15 is 0 Å². The Morgan fingerprint density at radius 2 is 1.50 bits per heavy atom. The number of aromatic nitrogens is 2. The van der Waals surface area contributed by atoms with Gasteiger partial charge in [0.1, 0.15) is 29.4 Å². The first-order valence-corrected chi connectivity index (χ1v) is 11.8. The first kappa shape index (κ1) is 24.7. The number of fused-ring (bicyclic) bond motifs is 1. The molecule has 5 aromatic rings.